The number of ether oxygens (including phenoxy) is 1. The molecule has 6 nitrogen and oxygen atoms in total. The van der Waals surface area contributed by atoms with E-state index in [0.717, 1.165) is 47.1 Å². The molecular weight excluding hydrogens is 376 g/mol. The van der Waals surface area contributed by atoms with Gasteiger partial charge in [-0.3, -0.25) is 9.78 Å². The molecule has 1 aliphatic heterocycles. The van der Waals surface area contributed by atoms with Crippen LogP contribution in [0.15, 0.2) is 60.8 Å². The van der Waals surface area contributed by atoms with Crippen molar-refractivity contribution < 1.29 is 9.53 Å². The van der Waals surface area contributed by atoms with E-state index in [1.54, 1.807) is 6.20 Å². The van der Waals surface area contributed by atoms with Crippen molar-refractivity contribution in [2.45, 2.75) is 19.8 Å². The van der Waals surface area contributed by atoms with Crippen LogP contribution in [-0.2, 0) is 9.53 Å². The normalized spacial score (nSPS) is 14.9. The molecule has 4 rings (SSSR count). The first-order chi connectivity index (χ1) is 14.6. The van der Waals surface area contributed by atoms with Crippen LogP contribution in [0.25, 0.3) is 11.1 Å². The molecule has 0 spiro atoms. The molecule has 0 bridgehead atoms. The van der Waals surface area contributed by atoms with E-state index in [0.29, 0.717) is 13.2 Å². The van der Waals surface area contributed by atoms with Crippen LogP contribution in [0.3, 0.4) is 0 Å². The molecule has 1 N–H and O–H groups in total. The molecule has 3 aromatic rings. The zero-order valence-corrected chi connectivity index (χ0v) is 17.3. The van der Waals surface area contributed by atoms with E-state index in [1.165, 1.54) is 0 Å². The smallest absolute Gasteiger partial charge is 0.233 e. The maximum absolute atomic E-state index is 12.8. The summed E-state index contributed by atoms with van der Waals surface area (Å²) < 4.78 is 5.41. The third-order valence-corrected chi connectivity index (χ3v) is 5.31. The van der Waals surface area contributed by atoms with Crippen LogP contribution >= 0.6 is 0 Å². The van der Waals surface area contributed by atoms with Crippen molar-refractivity contribution in [1.82, 2.24) is 9.97 Å². The SMILES string of the molecule is Cc1cc(-c2ccc(NC(=O)C(C)c3cccc(N4CCOCC4)n3)cc2)ccn1. The average Bonchev–Trinajstić information content (AvgIpc) is 2.80. The summed E-state index contributed by atoms with van der Waals surface area (Å²) in [6.45, 7) is 6.91. The van der Waals surface area contributed by atoms with Crippen molar-refractivity contribution >= 4 is 17.4 Å². The highest BCUT2D eigenvalue weighted by Crippen LogP contribution is 2.23. The lowest BCUT2D eigenvalue weighted by Crippen LogP contribution is -2.37. The largest absolute Gasteiger partial charge is 0.378 e. The van der Waals surface area contributed by atoms with E-state index >= 15 is 0 Å². The highest BCUT2D eigenvalue weighted by molar-refractivity contribution is 5.95. The quantitative estimate of drug-likeness (QED) is 0.698. The van der Waals surface area contributed by atoms with Gasteiger partial charge in [0.1, 0.15) is 5.82 Å². The molecular formula is C24H26N4O2. The molecule has 6 heteroatoms. The highest BCUT2D eigenvalue weighted by atomic mass is 16.5. The standard InChI is InChI=1S/C24H26N4O2/c1-17-16-20(10-11-25-17)19-6-8-21(9-7-19)26-24(29)18(2)22-4-3-5-23(27-22)28-12-14-30-15-13-28/h3-11,16,18H,12-15H2,1-2H3,(H,26,29). The first-order valence-corrected chi connectivity index (χ1v) is 10.2. The lowest BCUT2D eigenvalue weighted by Gasteiger charge is -2.28. The number of aryl methyl sites for hydroxylation is 1. The van der Waals surface area contributed by atoms with E-state index in [-0.39, 0.29) is 11.8 Å². The Morgan fingerprint density at radius 3 is 2.57 bits per heavy atom. The van der Waals surface area contributed by atoms with Gasteiger partial charge in [0.15, 0.2) is 0 Å². The zero-order chi connectivity index (χ0) is 20.9. The Balaban J connectivity index is 1.43. The molecule has 2 aromatic heterocycles. The van der Waals surface area contributed by atoms with E-state index in [4.69, 9.17) is 9.72 Å². The summed E-state index contributed by atoms with van der Waals surface area (Å²) in [6, 6.07) is 17.7. The van der Waals surface area contributed by atoms with Crippen LogP contribution in [-0.4, -0.2) is 42.2 Å². The molecule has 1 saturated heterocycles. The second kappa shape index (κ2) is 9.05. The molecule has 30 heavy (non-hydrogen) atoms. The minimum absolute atomic E-state index is 0.0749. The number of carbonyl (C=O) groups is 1. The van der Waals surface area contributed by atoms with Crippen LogP contribution in [0.5, 0.6) is 0 Å². The van der Waals surface area contributed by atoms with Crippen molar-refractivity contribution in [3.63, 3.8) is 0 Å². The number of aromatic nitrogens is 2. The van der Waals surface area contributed by atoms with Gasteiger partial charge in [-0.15, -0.1) is 0 Å². The molecule has 3 heterocycles. The van der Waals surface area contributed by atoms with Crippen LogP contribution in [0.1, 0.15) is 24.2 Å². The number of carbonyl (C=O) groups excluding carboxylic acids is 1. The third kappa shape index (κ3) is 4.66. The number of nitrogens with zero attached hydrogens (tertiary/aromatic N) is 3. The molecule has 0 aliphatic carbocycles. The zero-order valence-electron chi connectivity index (χ0n) is 17.3. The average molecular weight is 402 g/mol. The van der Waals surface area contributed by atoms with Crippen LogP contribution < -0.4 is 10.2 Å². The molecule has 1 aromatic carbocycles. The Labute approximate surface area is 176 Å². The molecule has 1 fully saturated rings. The second-order valence-corrected chi connectivity index (χ2v) is 7.49. The summed E-state index contributed by atoms with van der Waals surface area (Å²) >= 11 is 0. The summed E-state index contributed by atoms with van der Waals surface area (Å²) in [7, 11) is 0. The van der Waals surface area contributed by atoms with Crippen LogP contribution in [0, 0.1) is 6.92 Å². The van der Waals surface area contributed by atoms with E-state index in [1.807, 2.05) is 68.4 Å². The molecule has 0 radical (unpaired) electrons. The van der Waals surface area contributed by atoms with Gasteiger partial charge >= 0.3 is 0 Å². The lowest BCUT2D eigenvalue weighted by molar-refractivity contribution is -0.117. The molecule has 1 aliphatic rings. The number of nitrogens with one attached hydrogen (secondary N) is 1. The first-order valence-electron chi connectivity index (χ1n) is 10.2. The van der Waals surface area contributed by atoms with Gasteiger partial charge in [0.2, 0.25) is 5.91 Å². The summed E-state index contributed by atoms with van der Waals surface area (Å²) in [4.78, 5) is 24.0. The number of hydrogen-bond acceptors (Lipinski definition) is 5. The number of rotatable bonds is 5. The Kier molecular flexibility index (Phi) is 6.05. The van der Waals surface area contributed by atoms with Gasteiger partial charge < -0.3 is 15.0 Å². The van der Waals surface area contributed by atoms with Crippen molar-refractivity contribution in [3.05, 3.63) is 72.2 Å². The Hall–Kier alpha value is -3.25. The number of anilines is 2. The van der Waals surface area contributed by atoms with E-state index in [2.05, 4.69) is 15.2 Å². The van der Waals surface area contributed by atoms with Gasteiger partial charge in [-0.05, 0) is 61.4 Å². The highest BCUT2D eigenvalue weighted by Gasteiger charge is 2.19. The van der Waals surface area contributed by atoms with Gasteiger partial charge in [-0.1, -0.05) is 18.2 Å². The third-order valence-electron chi connectivity index (χ3n) is 5.31. The topological polar surface area (TPSA) is 67.4 Å². The van der Waals surface area contributed by atoms with Gasteiger partial charge in [0.25, 0.3) is 0 Å². The predicted molar refractivity (Wildman–Crippen MR) is 119 cm³/mol. The number of pyridine rings is 2. The maximum atomic E-state index is 12.8. The van der Waals surface area contributed by atoms with Gasteiger partial charge in [0, 0.05) is 30.7 Å². The molecule has 154 valence electrons. The minimum atomic E-state index is -0.353. The number of benzene rings is 1. The Morgan fingerprint density at radius 1 is 1.07 bits per heavy atom. The fourth-order valence-corrected chi connectivity index (χ4v) is 3.51. The Morgan fingerprint density at radius 2 is 1.83 bits per heavy atom. The summed E-state index contributed by atoms with van der Waals surface area (Å²) in [5.74, 6) is 0.468. The summed E-state index contributed by atoms with van der Waals surface area (Å²) in [5.41, 5.74) is 4.71. The van der Waals surface area contributed by atoms with Crippen molar-refractivity contribution in [1.29, 1.82) is 0 Å². The maximum Gasteiger partial charge on any atom is 0.233 e. The first kappa shape index (κ1) is 20.0. The lowest BCUT2D eigenvalue weighted by atomic mass is 10.0. The predicted octanol–water partition coefficient (Wildman–Crippen LogP) is 4.03. The second-order valence-electron chi connectivity index (χ2n) is 7.49. The minimum Gasteiger partial charge on any atom is -0.378 e. The number of hydrogen-bond donors (Lipinski definition) is 1. The van der Waals surface area contributed by atoms with Crippen molar-refractivity contribution in [2.75, 3.05) is 36.5 Å². The molecule has 0 saturated carbocycles. The molecule has 1 amide bonds. The fourth-order valence-electron chi connectivity index (χ4n) is 3.51. The van der Waals surface area contributed by atoms with Gasteiger partial charge in [-0.25, -0.2) is 4.98 Å². The monoisotopic (exact) mass is 402 g/mol. The van der Waals surface area contributed by atoms with Gasteiger partial charge in [-0.2, -0.15) is 0 Å². The number of amides is 1. The van der Waals surface area contributed by atoms with Crippen LogP contribution in [0.4, 0.5) is 11.5 Å². The Bertz CT molecular complexity index is 1010. The van der Waals surface area contributed by atoms with Crippen molar-refractivity contribution in [3.8, 4) is 11.1 Å². The van der Waals surface area contributed by atoms with Crippen molar-refractivity contribution in [2.24, 2.45) is 0 Å². The van der Waals surface area contributed by atoms with Gasteiger partial charge in [0.05, 0.1) is 24.8 Å². The fraction of sp³-hybridized carbons (Fsp3) is 0.292. The van der Waals surface area contributed by atoms with Crippen LogP contribution in [0.2, 0.25) is 0 Å². The van der Waals surface area contributed by atoms with E-state index < -0.39 is 0 Å². The number of morpholine rings is 1. The summed E-state index contributed by atoms with van der Waals surface area (Å²) in [5, 5.41) is 3.00. The molecule has 1 atom stereocenters. The summed E-state index contributed by atoms with van der Waals surface area (Å²) in [6.07, 6.45) is 1.81. The molecule has 1 unspecified atom stereocenters. The van der Waals surface area contributed by atoms with E-state index in [9.17, 15) is 4.79 Å².